The topological polar surface area (TPSA) is 52.2 Å². The van der Waals surface area contributed by atoms with E-state index in [1.165, 1.54) is 28.2 Å². The summed E-state index contributed by atoms with van der Waals surface area (Å²) in [6.45, 7) is 0.133. The Morgan fingerprint density at radius 1 is 1.55 bits per heavy atom. The number of fused-ring (bicyclic) bond motifs is 1. The van der Waals surface area contributed by atoms with Crippen LogP contribution in [0.5, 0.6) is 0 Å². The van der Waals surface area contributed by atoms with Gasteiger partial charge in [0.25, 0.3) is 0 Å². The van der Waals surface area contributed by atoms with E-state index in [1.54, 1.807) is 29.9 Å². The first kappa shape index (κ1) is 14.2. The minimum atomic E-state index is -0.495. The van der Waals surface area contributed by atoms with E-state index in [0.29, 0.717) is 15.0 Å². The molecular weight excluding hydrogens is 303 g/mol. The van der Waals surface area contributed by atoms with Crippen LogP contribution in [0.2, 0.25) is 0 Å². The highest BCUT2D eigenvalue weighted by Gasteiger charge is 2.13. The third kappa shape index (κ3) is 2.34. The number of para-hydroxylation sites is 1. The van der Waals surface area contributed by atoms with Gasteiger partial charge >= 0.3 is 5.91 Å². The van der Waals surface area contributed by atoms with Gasteiger partial charge in [-0.2, -0.15) is 4.99 Å². The number of rotatable bonds is 2. The van der Waals surface area contributed by atoms with Gasteiger partial charge in [-0.15, -0.1) is 6.42 Å². The summed E-state index contributed by atoms with van der Waals surface area (Å²) in [5.41, 5.74) is 0.358. The Hall–Kier alpha value is -2.72. The number of aryl methyl sites for hydroxylation is 1. The molecule has 0 spiro atoms. The molecule has 1 amide bonds. The molecule has 0 aliphatic carbocycles. The van der Waals surface area contributed by atoms with E-state index in [1.807, 2.05) is 0 Å². The lowest BCUT2D eigenvalue weighted by molar-refractivity contribution is 0.0985. The minimum absolute atomic E-state index is 0.133. The van der Waals surface area contributed by atoms with Crippen molar-refractivity contribution in [2.24, 2.45) is 12.0 Å². The zero-order chi connectivity index (χ0) is 15.7. The van der Waals surface area contributed by atoms with Gasteiger partial charge in [0.1, 0.15) is 5.82 Å². The van der Waals surface area contributed by atoms with Gasteiger partial charge in [-0.05, 0) is 12.1 Å². The highest BCUT2D eigenvalue weighted by molar-refractivity contribution is 7.16. The standard InChI is InChI=1S/C15H11FN4OS/c1-3-8-20-12-10(16)5-4-6-11(12)22-15(20)18-14(21)13-17-7-9-19(13)2/h1,4-7,9H,8H2,2H3. The monoisotopic (exact) mass is 314 g/mol. The first-order valence-electron chi connectivity index (χ1n) is 6.39. The summed E-state index contributed by atoms with van der Waals surface area (Å²) in [7, 11) is 1.70. The number of nitrogens with zero attached hydrogens (tertiary/aromatic N) is 4. The predicted molar refractivity (Wildman–Crippen MR) is 81.7 cm³/mol. The first-order valence-corrected chi connectivity index (χ1v) is 7.21. The van der Waals surface area contributed by atoms with E-state index in [4.69, 9.17) is 6.42 Å². The lowest BCUT2D eigenvalue weighted by Crippen LogP contribution is -2.18. The molecular formula is C15H11FN4OS. The van der Waals surface area contributed by atoms with Crippen LogP contribution in [0.1, 0.15) is 10.6 Å². The Kier molecular flexibility index (Phi) is 3.61. The molecule has 0 N–H and O–H groups in total. The summed E-state index contributed by atoms with van der Waals surface area (Å²) < 4.78 is 17.8. The van der Waals surface area contributed by atoms with E-state index >= 15 is 0 Å². The van der Waals surface area contributed by atoms with Crippen molar-refractivity contribution >= 4 is 27.5 Å². The van der Waals surface area contributed by atoms with Crippen molar-refractivity contribution < 1.29 is 9.18 Å². The summed E-state index contributed by atoms with van der Waals surface area (Å²) in [4.78, 5) is 20.6. The van der Waals surface area contributed by atoms with E-state index in [0.717, 1.165) is 0 Å². The molecule has 1 aromatic carbocycles. The Labute approximate surface area is 129 Å². The van der Waals surface area contributed by atoms with E-state index < -0.39 is 11.7 Å². The number of carbonyl (C=O) groups is 1. The molecule has 110 valence electrons. The average Bonchev–Trinajstić information content (AvgIpc) is 3.05. The van der Waals surface area contributed by atoms with Crippen LogP contribution < -0.4 is 4.80 Å². The highest BCUT2D eigenvalue weighted by Crippen LogP contribution is 2.20. The Bertz CT molecular complexity index is 973. The Morgan fingerprint density at radius 3 is 3.05 bits per heavy atom. The number of amides is 1. The van der Waals surface area contributed by atoms with Crippen LogP contribution in [0, 0.1) is 18.2 Å². The third-order valence-corrected chi connectivity index (χ3v) is 4.15. The van der Waals surface area contributed by atoms with Crippen LogP contribution in [0.3, 0.4) is 0 Å². The lowest BCUT2D eigenvalue weighted by Gasteiger charge is -2.00. The molecule has 22 heavy (non-hydrogen) atoms. The van der Waals surface area contributed by atoms with Crippen molar-refractivity contribution in [1.29, 1.82) is 0 Å². The third-order valence-electron chi connectivity index (χ3n) is 3.11. The van der Waals surface area contributed by atoms with Crippen LogP contribution >= 0.6 is 11.3 Å². The SMILES string of the molecule is C#CCn1c(=NC(=O)c2nccn2C)sc2cccc(F)c21. The number of carbonyl (C=O) groups excluding carboxylic acids is 1. The van der Waals surface area contributed by atoms with Crippen LogP contribution in [0.25, 0.3) is 10.2 Å². The van der Waals surface area contributed by atoms with Crippen molar-refractivity contribution in [2.75, 3.05) is 0 Å². The highest BCUT2D eigenvalue weighted by atomic mass is 32.1. The van der Waals surface area contributed by atoms with E-state index in [2.05, 4.69) is 15.9 Å². The fourth-order valence-corrected chi connectivity index (χ4v) is 3.16. The van der Waals surface area contributed by atoms with Gasteiger partial charge in [0, 0.05) is 19.4 Å². The molecule has 0 saturated heterocycles. The maximum atomic E-state index is 14.0. The molecule has 3 rings (SSSR count). The van der Waals surface area contributed by atoms with Crippen molar-refractivity contribution in [3.8, 4) is 12.3 Å². The molecule has 0 unspecified atom stereocenters. The van der Waals surface area contributed by atoms with Crippen molar-refractivity contribution in [1.82, 2.24) is 14.1 Å². The maximum absolute atomic E-state index is 14.0. The second-order valence-electron chi connectivity index (χ2n) is 4.54. The number of thiazole rings is 1. The predicted octanol–water partition coefficient (Wildman–Crippen LogP) is 1.95. The molecule has 0 bridgehead atoms. The Balaban J connectivity index is 2.23. The summed E-state index contributed by atoms with van der Waals surface area (Å²) in [6, 6.07) is 4.73. The molecule has 2 aromatic heterocycles. The number of terminal acetylenes is 1. The first-order chi connectivity index (χ1) is 10.6. The number of imidazole rings is 1. The molecule has 0 saturated carbocycles. The lowest BCUT2D eigenvalue weighted by atomic mass is 10.3. The second kappa shape index (κ2) is 5.58. The van der Waals surface area contributed by atoms with Crippen LogP contribution in [-0.2, 0) is 13.6 Å². The summed E-state index contributed by atoms with van der Waals surface area (Å²) >= 11 is 1.21. The number of aromatic nitrogens is 3. The molecule has 0 fully saturated rings. The van der Waals surface area contributed by atoms with Gasteiger partial charge in [0.15, 0.2) is 4.80 Å². The summed E-state index contributed by atoms with van der Waals surface area (Å²) in [6.07, 6.45) is 8.52. The second-order valence-corrected chi connectivity index (χ2v) is 5.55. The van der Waals surface area contributed by atoms with Gasteiger partial charge in [-0.3, -0.25) is 4.79 Å². The van der Waals surface area contributed by atoms with Gasteiger partial charge in [0.05, 0.1) is 16.8 Å². The fraction of sp³-hybridized carbons (Fsp3) is 0.133. The normalized spacial score (nSPS) is 11.8. The zero-order valence-electron chi connectivity index (χ0n) is 11.7. The van der Waals surface area contributed by atoms with Crippen LogP contribution in [0.15, 0.2) is 35.6 Å². The molecule has 5 nitrogen and oxygen atoms in total. The number of hydrogen-bond donors (Lipinski definition) is 0. The van der Waals surface area contributed by atoms with Crippen LogP contribution in [-0.4, -0.2) is 20.0 Å². The number of benzene rings is 1. The smallest absolute Gasteiger partial charge is 0.315 e. The van der Waals surface area contributed by atoms with Crippen LogP contribution in [0.4, 0.5) is 4.39 Å². The molecule has 0 atom stereocenters. The molecule has 2 heterocycles. The van der Waals surface area contributed by atoms with Gasteiger partial charge in [-0.1, -0.05) is 23.3 Å². The average molecular weight is 314 g/mol. The van der Waals surface area contributed by atoms with Gasteiger partial charge in [-0.25, -0.2) is 9.37 Å². The van der Waals surface area contributed by atoms with Crippen molar-refractivity contribution in [3.63, 3.8) is 0 Å². The number of hydrogen-bond acceptors (Lipinski definition) is 3. The Morgan fingerprint density at radius 2 is 2.36 bits per heavy atom. The van der Waals surface area contributed by atoms with Gasteiger partial charge in [0.2, 0.25) is 5.82 Å². The molecule has 0 aliphatic rings. The minimum Gasteiger partial charge on any atom is -0.330 e. The van der Waals surface area contributed by atoms with Crippen molar-refractivity contribution in [3.05, 3.63) is 47.0 Å². The molecule has 0 aliphatic heterocycles. The number of halogens is 1. The molecule has 0 radical (unpaired) electrons. The summed E-state index contributed by atoms with van der Waals surface area (Å²) in [5, 5.41) is 0. The fourth-order valence-electron chi connectivity index (χ4n) is 2.12. The maximum Gasteiger partial charge on any atom is 0.315 e. The molecule has 7 heteroatoms. The largest absolute Gasteiger partial charge is 0.330 e. The van der Waals surface area contributed by atoms with E-state index in [9.17, 15) is 9.18 Å². The van der Waals surface area contributed by atoms with E-state index in [-0.39, 0.29) is 12.4 Å². The summed E-state index contributed by atoms with van der Waals surface area (Å²) in [5.74, 6) is 1.78. The quantitative estimate of drug-likeness (QED) is 0.679. The zero-order valence-corrected chi connectivity index (χ0v) is 12.5. The van der Waals surface area contributed by atoms with Gasteiger partial charge < -0.3 is 9.13 Å². The molecule has 3 aromatic rings. The van der Waals surface area contributed by atoms with Crippen molar-refractivity contribution in [2.45, 2.75) is 6.54 Å².